The Balaban J connectivity index is 2.02. The average Bonchev–Trinajstić information content (AvgIpc) is 2.67. The van der Waals surface area contributed by atoms with E-state index in [0.29, 0.717) is 5.69 Å². The van der Waals surface area contributed by atoms with Gasteiger partial charge in [-0.05, 0) is 36.4 Å². The van der Waals surface area contributed by atoms with Gasteiger partial charge in [-0.15, -0.1) is 0 Å². The van der Waals surface area contributed by atoms with Gasteiger partial charge in [0.25, 0.3) is 0 Å². The molecule has 0 fully saturated rings. The number of halogens is 3. The van der Waals surface area contributed by atoms with Crippen LogP contribution in [-0.2, 0) is 6.18 Å². The van der Waals surface area contributed by atoms with Crippen molar-refractivity contribution in [3.63, 3.8) is 0 Å². The third kappa shape index (κ3) is 5.24. The Bertz CT molecular complexity index is 884. The lowest BCUT2D eigenvalue weighted by Crippen LogP contribution is -2.37. The smallest absolute Gasteiger partial charge is 0.416 e. The maximum Gasteiger partial charge on any atom is 0.416 e. The number of hydrogen-bond donors (Lipinski definition) is 3. The molecule has 0 saturated carbocycles. The maximum atomic E-state index is 12.6. The lowest BCUT2D eigenvalue weighted by molar-refractivity contribution is -0.137. The van der Waals surface area contributed by atoms with Crippen LogP contribution in [0, 0.1) is 0 Å². The number of carboxylic acids is 1. The van der Waals surface area contributed by atoms with E-state index < -0.39 is 23.5 Å². The fourth-order valence-corrected chi connectivity index (χ4v) is 2.85. The monoisotopic (exact) mass is 412 g/mol. The molecule has 0 unspecified atom stereocenters. The number of amidine groups is 1. The molecule has 0 spiro atoms. The van der Waals surface area contributed by atoms with Crippen LogP contribution in [0.2, 0.25) is 0 Å². The van der Waals surface area contributed by atoms with Crippen molar-refractivity contribution in [2.75, 3.05) is 10.8 Å². The zero-order valence-electron chi connectivity index (χ0n) is 14.2. The van der Waals surface area contributed by atoms with Crippen LogP contribution in [0.5, 0.6) is 0 Å². The highest BCUT2D eigenvalue weighted by molar-refractivity contribution is 8.14. The van der Waals surface area contributed by atoms with Crippen LogP contribution in [0.15, 0.2) is 53.6 Å². The minimum Gasteiger partial charge on any atom is -0.478 e. The number of carbonyl (C=O) groups is 2. The predicted molar refractivity (Wildman–Crippen MR) is 99.9 cm³/mol. The van der Waals surface area contributed by atoms with E-state index in [9.17, 15) is 22.8 Å². The zero-order chi connectivity index (χ0) is 20.9. The first-order valence-electron chi connectivity index (χ1n) is 7.63. The molecule has 0 aliphatic rings. The number of hydrogen-bond acceptors (Lipinski definition) is 6. The SMILES string of the molecule is N/N=C(/SCC(=O)c1ccc(C(F)(F)F)cc1)N(N)c1ccc(C(=O)O)cc1. The molecule has 5 N–H and O–H groups in total. The minimum absolute atomic E-state index is 0.0586. The third-order valence-electron chi connectivity index (χ3n) is 3.58. The van der Waals surface area contributed by atoms with Gasteiger partial charge in [0.15, 0.2) is 5.78 Å². The summed E-state index contributed by atoms with van der Waals surface area (Å²) in [5.74, 6) is 9.49. The van der Waals surface area contributed by atoms with Crippen LogP contribution in [0.3, 0.4) is 0 Å². The van der Waals surface area contributed by atoms with Crippen molar-refractivity contribution in [2.24, 2.45) is 16.8 Å². The quantitative estimate of drug-likeness (QED) is 0.227. The number of hydrazone groups is 1. The standard InChI is InChI=1S/C17H15F3N4O3S/c18-17(19,20)12-5-1-10(2-6-12)14(25)9-28-16(23-21)24(22)13-7-3-11(4-8-13)15(26)27/h1-8H,9,21-22H2,(H,26,27)/b23-16+. The second-order valence-electron chi connectivity index (χ2n) is 5.42. The number of rotatable bonds is 5. The van der Waals surface area contributed by atoms with Gasteiger partial charge < -0.3 is 10.9 Å². The molecule has 2 aromatic carbocycles. The Labute approximate surface area is 161 Å². The molecule has 0 heterocycles. The molecule has 0 atom stereocenters. The van der Waals surface area contributed by atoms with Crippen LogP contribution >= 0.6 is 11.8 Å². The van der Waals surface area contributed by atoms with Gasteiger partial charge in [0.1, 0.15) is 0 Å². The number of nitrogens with zero attached hydrogens (tertiary/aromatic N) is 2. The molecular weight excluding hydrogens is 397 g/mol. The van der Waals surface area contributed by atoms with E-state index in [1.54, 1.807) is 0 Å². The Hall–Kier alpha value is -3.05. The van der Waals surface area contributed by atoms with Crippen LogP contribution in [0.4, 0.5) is 18.9 Å². The maximum absolute atomic E-state index is 12.6. The van der Waals surface area contributed by atoms with E-state index >= 15 is 0 Å². The van der Waals surface area contributed by atoms with Gasteiger partial charge in [0, 0.05) is 5.56 Å². The molecule has 7 nitrogen and oxygen atoms in total. The summed E-state index contributed by atoms with van der Waals surface area (Å²) in [6, 6.07) is 9.39. The first-order chi connectivity index (χ1) is 13.1. The highest BCUT2D eigenvalue weighted by atomic mass is 32.2. The molecule has 0 amide bonds. The highest BCUT2D eigenvalue weighted by Gasteiger charge is 2.30. The number of anilines is 1. The summed E-state index contributed by atoms with van der Waals surface area (Å²) in [5.41, 5.74) is -0.303. The number of carboxylic acid groups (broad SMARTS) is 1. The van der Waals surface area contributed by atoms with Gasteiger partial charge in [-0.25, -0.2) is 10.6 Å². The number of aromatic carboxylic acids is 1. The molecular formula is C17H15F3N4O3S. The van der Waals surface area contributed by atoms with Crippen molar-refractivity contribution < 1.29 is 27.9 Å². The van der Waals surface area contributed by atoms with E-state index in [0.717, 1.165) is 41.0 Å². The van der Waals surface area contributed by atoms with Crippen molar-refractivity contribution in [1.29, 1.82) is 0 Å². The summed E-state index contributed by atoms with van der Waals surface area (Å²) >= 11 is 0.886. The van der Waals surface area contributed by atoms with Crippen molar-refractivity contribution in [3.05, 3.63) is 65.2 Å². The molecule has 0 aliphatic heterocycles. The Morgan fingerprint density at radius 3 is 2.04 bits per heavy atom. The zero-order valence-corrected chi connectivity index (χ0v) is 15.0. The van der Waals surface area contributed by atoms with Gasteiger partial charge >= 0.3 is 12.1 Å². The number of carbonyl (C=O) groups excluding carboxylic acids is 1. The summed E-state index contributed by atoms with van der Waals surface area (Å²) in [5, 5.41) is 13.5. The lowest BCUT2D eigenvalue weighted by atomic mass is 10.1. The molecule has 0 bridgehead atoms. The molecule has 148 valence electrons. The summed E-state index contributed by atoms with van der Waals surface area (Å²) in [6.07, 6.45) is -4.48. The van der Waals surface area contributed by atoms with Gasteiger partial charge in [0.2, 0.25) is 5.17 Å². The fourth-order valence-electron chi connectivity index (χ4n) is 2.10. The molecule has 0 radical (unpaired) electrons. The van der Waals surface area contributed by atoms with Gasteiger partial charge in [-0.3, -0.25) is 9.80 Å². The van der Waals surface area contributed by atoms with E-state index in [1.165, 1.54) is 24.3 Å². The number of Topliss-reactive ketones (excluding diaryl/α,β-unsaturated/α-hetero) is 1. The fraction of sp³-hybridized carbons (Fsp3) is 0.118. The van der Waals surface area contributed by atoms with Crippen LogP contribution < -0.4 is 16.7 Å². The summed E-state index contributed by atoms with van der Waals surface area (Å²) < 4.78 is 37.7. The second-order valence-corrected chi connectivity index (χ2v) is 6.36. The molecule has 2 aromatic rings. The van der Waals surface area contributed by atoms with Gasteiger partial charge in [-0.1, -0.05) is 23.9 Å². The largest absolute Gasteiger partial charge is 0.478 e. The third-order valence-corrected chi connectivity index (χ3v) is 4.54. The predicted octanol–water partition coefficient (Wildman–Crippen LogP) is 2.93. The minimum atomic E-state index is -4.48. The topological polar surface area (TPSA) is 122 Å². The molecule has 2 rings (SSSR count). The van der Waals surface area contributed by atoms with Crippen LogP contribution in [0.25, 0.3) is 0 Å². The van der Waals surface area contributed by atoms with Crippen LogP contribution in [0.1, 0.15) is 26.3 Å². The molecule has 0 aromatic heterocycles. The Morgan fingerprint density at radius 2 is 1.57 bits per heavy atom. The summed E-state index contributed by atoms with van der Waals surface area (Å²) in [4.78, 5) is 23.0. The van der Waals surface area contributed by atoms with Gasteiger partial charge in [0.05, 0.1) is 22.6 Å². The van der Waals surface area contributed by atoms with E-state index in [4.69, 9.17) is 16.8 Å². The van der Waals surface area contributed by atoms with E-state index in [2.05, 4.69) is 5.10 Å². The number of hydrazine groups is 1. The number of thioether (sulfide) groups is 1. The van der Waals surface area contributed by atoms with Crippen molar-refractivity contribution in [2.45, 2.75) is 6.18 Å². The Morgan fingerprint density at radius 1 is 1.04 bits per heavy atom. The number of ketones is 1. The van der Waals surface area contributed by atoms with Crippen LogP contribution in [-0.4, -0.2) is 27.8 Å². The van der Waals surface area contributed by atoms with Gasteiger partial charge in [-0.2, -0.15) is 18.3 Å². The second kappa shape index (κ2) is 8.76. The van der Waals surface area contributed by atoms with Crippen molar-refractivity contribution in [1.82, 2.24) is 0 Å². The number of alkyl halides is 3. The van der Waals surface area contributed by atoms with E-state index in [1.807, 2.05) is 0 Å². The normalized spacial score (nSPS) is 11.9. The lowest BCUT2D eigenvalue weighted by Gasteiger charge is -2.19. The van der Waals surface area contributed by atoms with Crippen molar-refractivity contribution in [3.8, 4) is 0 Å². The van der Waals surface area contributed by atoms with Crippen molar-refractivity contribution >= 4 is 34.4 Å². The Kier molecular flexibility index (Phi) is 6.65. The molecule has 11 heteroatoms. The van der Waals surface area contributed by atoms with E-state index in [-0.39, 0.29) is 22.0 Å². The first-order valence-corrected chi connectivity index (χ1v) is 8.61. The number of benzene rings is 2. The average molecular weight is 412 g/mol. The summed E-state index contributed by atoms with van der Waals surface area (Å²) in [6.45, 7) is 0. The molecule has 28 heavy (non-hydrogen) atoms. The number of nitrogens with two attached hydrogens (primary N) is 2. The summed E-state index contributed by atoms with van der Waals surface area (Å²) in [7, 11) is 0. The molecule has 0 aliphatic carbocycles. The first kappa shape index (κ1) is 21.3. The highest BCUT2D eigenvalue weighted by Crippen LogP contribution is 2.29. The molecule has 0 saturated heterocycles.